The Morgan fingerprint density at radius 3 is 2.46 bits per heavy atom. The molecule has 0 bridgehead atoms. The fraction of sp³-hybridized carbons (Fsp3) is 0.282. The standard InChI is InChI=1S/C39H42ClN2O5P/c1-5-46-48(44,45)23-22-41-38(43)30-9-6-8-27(12-13-30)24-35(29-14-18-33(19-15-29)39(2,3)4)36-26-37(47-42-36)32-11-7-10-31(25-32)28-16-20-34(40)21-17-28/h6-7,9-21,25-26,35H,5,8,22-24H2,1-4H3,(H,41,43)(H,44,45). The van der Waals surface area contributed by atoms with Crippen LogP contribution in [0.3, 0.4) is 0 Å². The zero-order valence-electron chi connectivity index (χ0n) is 27.8. The predicted octanol–water partition coefficient (Wildman–Crippen LogP) is 9.63. The van der Waals surface area contributed by atoms with Gasteiger partial charge in [0.1, 0.15) is 0 Å². The summed E-state index contributed by atoms with van der Waals surface area (Å²) in [5, 5.41) is 8.00. The minimum Gasteiger partial charge on any atom is -0.356 e. The molecule has 2 atom stereocenters. The quantitative estimate of drug-likeness (QED) is 0.144. The van der Waals surface area contributed by atoms with Gasteiger partial charge in [-0.2, -0.15) is 0 Å². The molecule has 48 heavy (non-hydrogen) atoms. The van der Waals surface area contributed by atoms with Crippen LogP contribution in [0, 0.1) is 0 Å². The zero-order chi connectivity index (χ0) is 34.3. The van der Waals surface area contributed by atoms with Crippen LogP contribution in [0.1, 0.15) is 63.3 Å². The molecule has 3 aromatic carbocycles. The molecule has 1 amide bonds. The average Bonchev–Trinajstić information content (AvgIpc) is 3.42. The van der Waals surface area contributed by atoms with Gasteiger partial charge in [-0.25, -0.2) is 0 Å². The number of nitrogens with one attached hydrogen (secondary N) is 1. The summed E-state index contributed by atoms with van der Waals surface area (Å²) in [5.41, 5.74) is 7.87. The number of rotatable bonds is 12. The molecule has 0 aliphatic heterocycles. The molecule has 9 heteroatoms. The van der Waals surface area contributed by atoms with Crippen molar-refractivity contribution < 1.29 is 23.3 Å². The third kappa shape index (κ3) is 9.33. The first-order chi connectivity index (χ1) is 22.9. The second kappa shape index (κ2) is 15.5. The number of benzene rings is 3. The molecule has 1 heterocycles. The molecule has 0 saturated carbocycles. The van der Waals surface area contributed by atoms with E-state index < -0.39 is 7.60 Å². The van der Waals surface area contributed by atoms with Gasteiger partial charge in [-0.05, 0) is 71.7 Å². The number of allylic oxidation sites excluding steroid dienone is 4. The monoisotopic (exact) mass is 684 g/mol. The van der Waals surface area contributed by atoms with Crippen molar-refractivity contribution in [1.82, 2.24) is 10.5 Å². The van der Waals surface area contributed by atoms with Gasteiger partial charge in [0.05, 0.1) is 18.5 Å². The van der Waals surface area contributed by atoms with Crippen LogP contribution in [0.25, 0.3) is 22.5 Å². The first kappa shape index (κ1) is 35.3. The summed E-state index contributed by atoms with van der Waals surface area (Å²) in [5.74, 6) is 0.288. The van der Waals surface area contributed by atoms with Gasteiger partial charge in [-0.3, -0.25) is 9.36 Å². The molecule has 0 radical (unpaired) electrons. The van der Waals surface area contributed by atoms with Crippen LogP contribution in [0.15, 0.2) is 119 Å². The van der Waals surface area contributed by atoms with Crippen LogP contribution in [-0.4, -0.2) is 35.3 Å². The Hall–Kier alpha value is -4.00. The number of nitrogens with zero attached hydrogens (tertiary/aromatic N) is 1. The smallest absolute Gasteiger partial charge is 0.329 e. The maximum absolute atomic E-state index is 12.8. The van der Waals surface area contributed by atoms with Crippen molar-refractivity contribution in [3.05, 3.63) is 136 Å². The average molecular weight is 685 g/mol. The summed E-state index contributed by atoms with van der Waals surface area (Å²) < 4.78 is 22.8. The van der Waals surface area contributed by atoms with Crippen molar-refractivity contribution in [3.8, 4) is 22.5 Å². The van der Waals surface area contributed by atoms with Crippen molar-refractivity contribution in [2.75, 3.05) is 19.3 Å². The molecular formula is C39H42ClN2O5P. The second-order valence-electron chi connectivity index (χ2n) is 12.9. The lowest BCUT2D eigenvalue weighted by molar-refractivity contribution is -0.117. The van der Waals surface area contributed by atoms with E-state index in [1.165, 1.54) is 5.56 Å². The van der Waals surface area contributed by atoms with Crippen LogP contribution in [-0.2, 0) is 19.3 Å². The highest BCUT2D eigenvalue weighted by Crippen LogP contribution is 2.41. The summed E-state index contributed by atoms with van der Waals surface area (Å²) in [7, 11) is -3.71. The Kier molecular flexibility index (Phi) is 11.4. The van der Waals surface area contributed by atoms with Gasteiger partial charge in [0, 0.05) is 34.7 Å². The first-order valence-electron chi connectivity index (χ1n) is 16.2. The fourth-order valence-electron chi connectivity index (χ4n) is 5.60. The number of hydrogen-bond donors (Lipinski definition) is 2. The molecule has 7 nitrogen and oxygen atoms in total. The highest BCUT2D eigenvalue weighted by molar-refractivity contribution is 7.52. The Balaban J connectivity index is 1.39. The van der Waals surface area contributed by atoms with E-state index in [-0.39, 0.29) is 36.6 Å². The van der Waals surface area contributed by atoms with E-state index in [1.807, 2.05) is 54.6 Å². The number of halogens is 1. The van der Waals surface area contributed by atoms with E-state index in [1.54, 1.807) is 19.1 Å². The first-order valence-corrected chi connectivity index (χ1v) is 18.3. The molecule has 2 N–H and O–H groups in total. The van der Waals surface area contributed by atoms with E-state index in [0.717, 1.165) is 33.5 Å². The Morgan fingerprint density at radius 1 is 1.02 bits per heavy atom. The molecule has 1 aliphatic rings. The minimum absolute atomic E-state index is 0.0255. The number of hydrogen-bond acceptors (Lipinski definition) is 5. The van der Waals surface area contributed by atoms with Crippen molar-refractivity contribution in [1.29, 1.82) is 0 Å². The zero-order valence-corrected chi connectivity index (χ0v) is 29.4. The summed E-state index contributed by atoms with van der Waals surface area (Å²) in [4.78, 5) is 22.7. The molecule has 2 unspecified atom stereocenters. The summed E-state index contributed by atoms with van der Waals surface area (Å²) in [6, 6.07) is 26.7. The molecular weight excluding hydrogens is 643 g/mol. The number of amides is 1. The number of carbonyl (C=O) groups is 1. The highest BCUT2D eigenvalue weighted by Gasteiger charge is 2.23. The lowest BCUT2D eigenvalue weighted by Crippen LogP contribution is -2.27. The fourth-order valence-corrected chi connectivity index (χ4v) is 6.66. The van der Waals surface area contributed by atoms with Gasteiger partial charge in [0.25, 0.3) is 5.91 Å². The van der Waals surface area contributed by atoms with Gasteiger partial charge in [-0.1, -0.05) is 116 Å². The summed E-state index contributed by atoms with van der Waals surface area (Å²) in [6.07, 6.45) is 8.72. The SMILES string of the molecule is CCOP(=O)(O)CCNC(=O)C1=CC=C(CC(c2ccc(C(C)(C)C)cc2)c2cc(-c3cccc(-c4ccc(Cl)cc4)c3)on2)CC=C1. The van der Waals surface area contributed by atoms with Gasteiger partial charge in [-0.15, -0.1) is 0 Å². The Morgan fingerprint density at radius 2 is 1.75 bits per heavy atom. The molecule has 250 valence electrons. The van der Waals surface area contributed by atoms with Crippen LogP contribution < -0.4 is 5.32 Å². The molecule has 4 aromatic rings. The maximum atomic E-state index is 12.8. The van der Waals surface area contributed by atoms with Crippen LogP contribution >= 0.6 is 19.2 Å². The van der Waals surface area contributed by atoms with Gasteiger partial charge in [0.15, 0.2) is 5.76 Å². The van der Waals surface area contributed by atoms with Crippen LogP contribution in [0.5, 0.6) is 0 Å². The summed E-state index contributed by atoms with van der Waals surface area (Å²) in [6.45, 7) is 8.43. The Labute approximate surface area is 287 Å². The summed E-state index contributed by atoms with van der Waals surface area (Å²) >= 11 is 6.11. The van der Waals surface area contributed by atoms with E-state index in [4.69, 9.17) is 20.6 Å². The maximum Gasteiger partial charge on any atom is 0.329 e. The lowest BCUT2D eigenvalue weighted by Gasteiger charge is -2.21. The molecule has 0 saturated heterocycles. The van der Waals surface area contributed by atoms with Crippen molar-refractivity contribution in [3.63, 3.8) is 0 Å². The second-order valence-corrected chi connectivity index (χ2v) is 15.3. The van der Waals surface area contributed by atoms with E-state index in [9.17, 15) is 14.3 Å². The van der Waals surface area contributed by atoms with Crippen molar-refractivity contribution in [2.24, 2.45) is 0 Å². The van der Waals surface area contributed by atoms with Crippen LogP contribution in [0.4, 0.5) is 0 Å². The third-order valence-electron chi connectivity index (χ3n) is 8.30. The molecule has 0 spiro atoms. The molecule has 1 aliphatic carbocycles. The lowest BCUT2D eigenvalue weighted by atomic mass is 9.83. The molecule has 1 aromatic heterocycles. The van der Waals surface area contributed by atoms with E-state index in [0.29, 0.717) is 29.2 Å². The molecule has 5 rings (SSSR count). The largest absolute Gasteiger partial charge is 0.356 e. The Bertz CT molecular complexity index is 1870. The van der Waals surface area contributed by atoms with E-state index in [2.05, 4.69) is 67.6 Å². The minimum atomic E-state index is -3.71. The third-order valence-corrected chi connectivity index (χ3v) is 10.0. The number of carbonyl (C=O) groups excluding carboxylic acids is 1. The van der Waals surface area contributed by atoms with Gasteiger partial charge < -0.3 is 19.3 Å². The predicted molar refractivity (Wildman–Crippen MR) is 193 cm³/mol. The van der Waals surface area contributed by atoms with Crippen molar-refractivity contribution >= 4 is 25.1 Å². The molecule has 0 fully saturated rings. The van der Waals surface area contributed by atoms with Crippen molar-refractivity contribution in [2.45, 2.75) is 51.9 Å². The highest BCUT2D eigenvalue weighted by atomic mass is 35.5. The van der Waals surface area contributed by atoms with E-state index >= 15 is 0 Å². The normalized spacial score (nSPS) is 15.2. The number of aromatic nitrogens is 1. The van der Waals surface area contributed by atoms with Gasteiger partial charge in [0.2, 0.25) is 0 Å². The van der Waals surface area contributed by atoms with Gasteiger partial charge >= 0.3 is 7.60 Å². The van der Waals surface area contributed by atoms with Crippen LogP contribution in [0.2, 0.25) is 5.02 Å². The topological polar surface area (TPSA) is 102 Å².